The Labute approximate surface area is 178 Å². The highest BCUT2D eigenvalue weighted by Gasteiger charge is 2.31. The highest BCUT2D eigenvalue weighted by atomic mass is 16.2. The second-order valence-electron chi connectivity index (χ2n) is 8.84. The van der Waals surface area contributed by atoms with Gasteiger partial charge in [-0.3, -0.25) is 14.5 Å². The Hall–Kier alpha value is -2.66. The summed E-state index contributed by atoms with van der Waals surface area (Å²) in [6, 6.07) is 17.0. The van der Waals surface area contributed by atoms with Crippen LogP contribution in [0.2, 0.25) is 0 Å². The summed E-state index contributed by atoms with van der Waals surface area (Å²) in [6.45, 7) is 2.76. The van der Waals surface area contributed by atoms with E-state index in [1.54, 1.807) is 4.90 Å². The molecule has 2 aromatic carbocycles. The Morgan fingerprint density at radius 1 is 0.967 bits per heavy atom. The van der Waals surface area contributed by atoms with Crippen LogP contribution in [0.25, 0.3) is 0 Å². The zero-order valence-corrected chi connectivity index (χ0v) is 17.3. The fourth-order valence-corrected chi connectivity index (χ4v) is 5.25. The zero-order chi connectivity index (χ0) is 20.5. The maximum Gasteiger partial charge on any atom is 0.251 e. The number of fused-ring (bicyclic) bond motifs is 1. The lowest BCUT2D eigenvalue weighted by Gasteiger charge is -2.37. The second-order valence-corrected chi connectivity index (χ2v) is 8.84. The summed E-state index contributed by atoms with van der Waals surface area (Å²) in [5, 5.41) is 3.25. The van der Waals surface area contributed by atoms with Gasteiger partial charge in [-0.25, -0.2) is 0 Å². The number of nitrogens with one attached hydrogen (secondary N) is 1. The smallest absolute Gasteiger partial charge is 0.251 e. The third kappa shape index (κ3) is 3.86. The molecule has 0 spiro atoms. The lowest BCUT2D eigenvalue weighted by Crippen LogP contribution is -2.51. The number of rotatable bonds is 4. The first kappa shape index (κ1) is 19.3. The van der Waals surface area contributed by atoms with Crippen LogP contribution in [0.4, 0.5) is 5.69 Å². The van der Waals surface area contributed by atoms with E-state index in [0.29, 0.717) is 18.0 Å². The lowest BCUT2D eigenvalue weighted by atomic mass is 10.0. The fraction of sp³-hybridized carbons (Fsp3) is 0.440. The molecule has 2 fully saturated rings. The predicted molar refractivity (Wildman–Crippen MR) is 118 cm³/mol. The first-order valence-corrected chi connectivity index (χ1v) is 11.2. The number of anilines is 1. The summed E-state index contributed by atoms with van der Waals surface area (Å²) >= 11 is 0. The first-order chi connectivity index (χ1) is 14.7. The minimum atomic E-state index is -0.0370. The van der Waals surface area contributed by atoms with Crippen LogP contribution >= 0.6 is 0 Å². The average molecular weight is 404 g/mol. The summed E-state index contributed by atoms with van der Waals surface area (Å²) in [5.41, 5.74) is 4.42. The van der Waals surface area contributed by atoms with Gasteiger partial charge in [0.2, 0.25) is 5.91 Å². The van der Waals surface area contributed by atoms with Gasteiger partial charge in [0.15, 0.2) is 0 Å². The molecular weight excluding hydrogens is 374 g/mol. The van der Waals surface area contributed by atoms with Crippen molar-refractivity contribution in [2.75, 3.05) is 24.5 Å². The van der Waals surface area contributed by atoms with Crippen LogP contribution < -0.4 is 10.2 Å². The lowest BCUT2D eigenvalue weighted by molar-refractivity contribution is -0.117. The monoisotopic (exact) mass is 403 g/mol. The molecule has 0 bridgehead atoms. The molecular formula is C25H29N3O2. The van der Waals surface area contributed by atoms with Gasteiger partial charge in [-0.1, -0.05) is 30.3 Å². The van der Waals surface area contributed by atoms with Gasteiger partial charge >= 0.3 is 0 Å². The molecule has 0 unspecified atom stereocenters. The molecule has 0 saturated carbocycles. The molecule has 2 saturated heterocycles. The highest BCUT2D eigenvalue weighted by Crippen LogP contribution is 2.28. The Kier molecular flexibility index (Phi) is 5.30. The molecule has 5 rings (SSSR count). The van der Waals surface area contributed by atoms with Crippen LogP contribution in [0.5, 0.6) is 0 Å². The molecule has 2 amide bonds. The van der Waals surface area contributed by atoms with E-state index < -0.39 is 0 Å². The van der Waals surface area contributed by atoms with Crippen molar-refractivity contribution in [3.05, 3.63) is 65.2 Å². The van der Waals surface area contributed by atoms with Gasteiger partial charge in [-0.05, 0) is 68.0 Å². The van der Waals surface area contributed by atoms with E-state index in [-0.39, 0.29) is 17.9 Å². The predicted octanol–water partition coefficient (Wildman–Crippen LogP) is 3.18. The van der Waals surface area contributed by atoms with E-state index in [1.807, 2.05) is 24.3 Å². The maximum atomic E-state index is 12.9. The van der Waals surface area contributed by atoms with E-state index in [1.165, 1.54) is 11.1 Å². The minimum absolute atomic E-state index is 0.0370. The van der Waals surface area contributed by atoms with Crippen LogP contribution in [0.3, 0.4) is 0 Å². The van der Waals surface area contributed by atoms with Crippen LogP contribution in [0.1, 0.15) is 47.2 Å². The Bertz CT molecular complexity index is 932. The van der Waals surface area contributed by atoms with Gasteiger partial charge in [0, 0.05) is 42.8 Å². The molecule has 3 aliphatic rings. The molecule has 5 heteroatoms. The Morgan fingerprint density at radius 2 is 1.77 bits per heavy atom. The SMILES string of the molecule is O=C(N[C@H]1CCCN(C2Cc3ccccc3C2)C1)c1cccc(N2CCCC2=O)c1. The largest absolute Gasteiger partial charge is 0.348 e. The third-order valence-electron chi connectivity index (χ3n) is 6.83. The van der Waals surface area contributed by atoms with Crippen molar-refractivity contribution < 1.29 is 9.59 Å². The number of amides is 2. The molecule has 2 aromatic rings. The number of hydrogen-bond donors (Lipinski definition) is 1. The van der Waals surface area contributed by atoms with Gasteiger partial charge in [0.05, 0.1) is 0 Å². The number of piperidine rings is 1. The Morgan fingerprint density at radius 3 is 2.50 bits per heavy atom. The molecule has 156 valence electrons. The molecule has 0 aromatic heterocycles. The van der Waals surface area contributed by atoms with Gasteiger partial charge < -0.3 is 10.2 Å². The van der Waals surface area contributed by atoms with E-state index in [2.05, 4.69) is 34.5 Å². The topological polar surface area (TPSA) is 52.7 Å². The number of nitrogens with zero attached hydrogens (tertiary/aromatic N) is 2. The number of carbonyl (C=O) groups excluding carboxylic acids is 2. The summed E-state index contributed by atoms with van der Waals surface area (Å²) in [7, 11) is 0. The number of hydrogen-bond acceptors (Lipinski definition) is 3. The van der Waals surface area contributed by atoms with E-state index >= 15 is 0 Å². The summed E-state index contributed by atoms with van der Waals surface area (Å²) in [5.74, 6) is 0.109. The van der Waals surface area contributed by atoms with Crippen molar-refractivity contribution in [2.45, 2.75) is 50.6 Å². The van der Waals surface area contributed by atoms with E-state index in [4.69, 9.17) is 0 Å². The van der Waals surface area contributed by atoms with Crippen LogP contribution in [-0.4, -0.2) is 48.4 Å². The second kappa shape index (κ2) is 8.23. The number of benzene rings is 2. The standard InChI is InChI=1S/C25H29N3O2/c29-24-11-5-13-28(24)22-10-3-8-20(16-22)25(30)26-21-9-4-12-27(17-21)23-14-18-6-1-2-7-19(18)15-23/h1-3,6-8,10,16,21,23H,4-5,9,11-15,17H2,(H,26,30)/t21-/m0/s1. The molecule has 1 atom stereocenters. The van der Waals surface area contributed by atoms with E-state index in [0.717, 1.165) is 57.4 Å². The molecule has 2 aliphatic heterocycles. The maximum absolute atomic E-state index is 12.9. The average Bonchev–Trinajstić information content (AvgIpc) is 3.40. The zero-order valence-electron chi connectivity index (χ0n) is 17.3. The summed E-state index contributed by atoms with van der Waals surface area (Å²) in [4.78, 5) is 29.3. The van der Waals surface area contributed by atoms with Gasteiger partial charge in [0.25, 0.3) is 5.91 Å². The summed E-state index contributed by atoms with van der Waals surface area (Å²) < 4.78 is 0. The van der Waals surface area contributed by atoms with Crippen LogP contribution in [0.15, 0.2) is 48.5 Å². The minimum Gasteiger partial charge on any atom is -0.348 e. The normalized spacial score (nSPS) is 22.3. The molecule has 5 nitrogen and oxygen atoms in total. The van der Waals surface area contributed by atoms with Gasteiger partial charge in [-0.2, -0.15) is 0 Å². The molecule has 2 heterocycles. The van der Waals surface area contributed by atoms with Crippen molar-refractivity contribution in [1.82, 2.24) is 10.2 Å². The highest BCUT2D eigenvalue weighted by molar-refractivity contribution is 5.99. The van der Waals surface area contributed by atoms with Crippen LogP contribution in [-0.2, 0) is 17.6 Å². The van der Waals surface area contributed by atoms with Gasteiger partial charge in [0.1, 0.15) is 0 Å². The van der Waals surface area contributed by atoms with Crippen molar-refractivity contribution in [3.63, 3.8) is 0 Å². The quantitative estimate of drug-likeness (QED) is 0.853. The van der Waals surface area contributed by atoms with E-state index in [9.17, 15) is 9.59 Å². The Balaban J connectivity index is 1.22. The number of carbonyl (C=O) groups is 2. The third-order valence-corrected chi connectivity index (χ3v) is 6.83. The molecule has 1 aliphatic carbocycles. The summed E-state index contributed by atoms with van der Waals surface area (Å²) in [6.07, 6.45) is 5.84. The van der Waals surface area contributed by atoms with Crippen molar-refractivity contribution >= 4 is 17.5 Å². The van der Waals surface area contributed by atoms with Crippen molar-refractivity contribution in [3.8, 4) is 0 Å². The molecule has 1 N–H and O–H groups in total. The van der Waals surface area contributed by atoms with Crippen molar-refractivity contribution in [2.24, 2.45) is 0 Å². The first-order valence-electron chi connectivity index (χ1n) is 11.2. The molecule has 30 heavy (non-hydrogen) atoms. The van der Waals surface area contributed by atoms with Crippen LogP contribution in [0, 0.1) is 0 Å². The van der Waals surface area contributed by atoms with Crippen molar-refractivity contribution in [1.29, 1.82) is 0 Å². The number of likely N-dealkylation sites (tertiary alicyclic amines) is 1. The van der Waals surface area contributed by atoms with Gasteiger partial charge in [-0.15, -0.1) is 0 Å². The molecule has 0 radical (unpaired) electrons. The fourth-order valence-electron chi connectivity index (χ4n) is 5.25.